The molecule has 2 bridgehead atoms. The number of benzene rings is 1. The minimum atomic E-state index is 0.218. The summed E-state index contributed by atoms with van der Waals surface area (Å²) in [5.74, 6) is 3.06. The van der Waals surface area contributed by atoms with E-state index in [1.807, 2.05) is 0 Å². The summed E-state index contributed by atoms with van der Waals surface area (Å²) in [6, 6.07) is 6.73. The van der Waals surface area contributed by atoms with Crippen molar-refractivity contribution in [1.82, 2.24) is 4.90 Å². The highest BCUT2D eigenvalue weighted by Gasteiger charge is 2.45. The second-order valence-corrected chi connectivity index (χ2v) is 9.29. The average Bonchev–Trinajstić information content (AvgIpc) is 3.31. The summed E-state index contributed by atoms with van der Waals surface area (Å²) in [4.78, 5) is 2.73. The van der Waals surface area contributed by atoms with E-state index in [0.717, 1.165) is 29.9 Å². The Bertz CT molecular complexity index is 702. The van der Waals surface area contributed by atoms with E-state index >= 15 is 0 Å². The lowest BCUT2D eigenvalue weighted by Gasteiger charge is -2.41. The van der Waals surface area contributed by atoms with Gasteiger partial charge in [-0.3, -0.25) is 0 Å². The maximum atomic E-state index is 9.50. The molecule has 3 aliphatic carbocycles. The lowest BCUT2D eigenvalue weighted by atomic mass is 9.73. The predicted molar refractivity (Wildman–Crippen MR) is 100 cm³/mol. The third-order valence-corrected chi connectivity index (χ3v) is 7.87. The highest BCUT2D eigenvalue weighted by atomic mass is 16.4. The Morgan fingerprint density at radius 2 is 2.04 bits per heavy atom. The molecule has 5 rings (SSSR count). The van der Waals surface area contributed by atoms with Crippen molar-refractivity contribution < 1.29 is 5.21 Å². The maximum absolute atomic E-state index is 9.50. The number of rotatable bonds is 2. The van der Waals surface area contributed by atoms with E-state index in [1.165, 1.54) is 74.8 Å². The first-order valence-corrected chi connectivity index (χ1v) is 10.2. The van der Waals surface area contributed by atoms with Crippen LogP contribution < -0.4 is 0 Å². The highest BCUT2D eigenvalue weighted by Crippen LogP contribution is 2.50. The quantitative estimate of drug-likeness (QED) is 0.643. The maximum Gasteiger partial charge on any atom is 0.0879 e. The summed E-state index contributed by atoms with van der Waals surface area (Å²) in [5.41, 5.74) is 5.01. The largest absolute Gasteiger partial charge is 0.411 e. The molecule has 3 heteroatoms. The van der Waals surface area contributed by atoms with E-state index in [1.54, 1.807) is 0 Å². The van der Waals surface area contributed by atoms with Crippen LogP contribution >= 0.6 is 0 Å². The van der Waals surface area contributed by atoms with Crippen molar-refractivity contribution in [2.24, 2.45) is 22.9 Å². The molecule has 1 saturated heterocycles. The fourth-order valence-electron chi connectivity index (χ4n) is 6.50. The summed E-state index contributed by atoms with van der Waals surface area (Å²) in [5, 5.41) is 13.1. The average molecular weight is 338 g/mol. The lowest BCUT2D eigenvalue weighted by molar-refractivity contribution is 0.126. The zero-order valence-corrected chi connectivity index (χ0v) is 15.4. The zero-order valence-electron chi connectivity index (χ0n) is 15.4. The van der Waals surface area contributed by atoms with Crippen molar-refractivity contribution in [3.63, 3.8) is 0 Å². The molecule has 1 N–H and O–H groups in total. The van der Waals surface area contributed by atoms with Crippen LogP contribution in [0.25, 0.3) is 0 Å². The standard InChI is InChI=1S/C22H30N2O/c1-15-2-5-20-19(10-15)21(23-25)13-22(20)6-8-24(9-7-22)14-18-12-16-3-4-17(18)11-16/h2,5,10,16-18,25H,3-4,6-9,11-14H2,1H3/b23-21+/t16-,17?,18?/m0/s1. The molecule has 134 valence electrons. The molecule has 4 aliphatic rings. The van der Waals surface area contributed by atoms with Gasteiger partial charge in [0.25, 0.3) is 0 Å². The van der Waals surface area contributed by atoms with Crippen molar-refractivity contribution in [1.29, 1.82) is 0 Å². The molecular formula is C22H30N2O. The van der Waals surface area contributed by atoms with Crippen LogP contribution in [0.4, 0.5) is 0 Å². The van der Waals surface area contributed by atoms with Crippen LogP contribution in [-0.4, -0.2) is 35.5 Å². The van der Waals surface area contributed by atoms with Crippen LogP contribution in [0.3, 0.4) is 0 Å². The Hall–Kier alpha value is -1.35. The number of oxime groups is 1. The van der Waals surface area contributed by atoms with Crippen LogP contribution in [0, 0.1) is 24.7 Å². The highest BCUT2D eigenvalue weighted by molar-refractivity contribution is 6.06. The molecule has 2 unspecified atom stereocenters. The molecule has 1 aliphatic heterocycles. The second kappa shape index (κ2) is 5.84. The molecule has 0 radical (unpaired) electrons. The van der Waals surface area contributed by atoms with Crippen molar-refractivity contribution >= 4 is 5.71 Å². The molecule has 25 heavy (non-hydrogen) atoms. The molecule has 3 nitrogen and oxygen atoms in total. The lowest BCUT2D eigenvalue weighted by Crippen LogP contribution is -2.44. The Morgan fingerprint density at radius 1 is 1.20 bits per heavy atom. The van der Waals surface area contributed by atoms with E-state index in [2.05, 4.69) is 35.2 Å². The fraction of sp³-hybridized carbons (Fsp3) is 0.682. The van der Waals surface area contributed by atoms with Gasteiger partial charge in [0.05, 0.1) is 5.71 Å². The van der Waals surface area contributed by atoms with Crippen LogP contribution in [0.2, 0.25) is 0 Å². The number of hydrogen-bond acceptors (Lipinski definition) is 3. The van der Waals surface area contributed by atoms with Gasteiger partial charge in [-0.05, 0) is 81.5 Å². The predicted octanol–water partition coefficient (Wildman–Crippen LogP) is 4.35. The third-order valence-electron chi connectivity index (χ3n) is 7.87. The van der Waals surface area contributed by atoms with Crippen LogP contribution in [0.1, 0.15) is 61.6 Å². The summed E-state index contributed by atoms with van der Waals surface area (Å²) < 4.78 is 0. The Kier molecular flexibility index (Phi) is 3.70. The van der Waals surface area contributed by atoms with Gasteiger partial charge in [0.2, 0.25) is 0 Å². The van der Waals surface area contributed by atoms with Crippen molar-refractivity contribution in [2.45, 2.75) is 57.3 Å². The number of piperidine rings is 1. The van der Waals surface area contributed by atoms with Gasteiger partial charge in [-0.1, -0.05) is 29.3 Å². The molecule has 3 atom stereocenters. The summed E-state index contributed by atoms with van der Waals surface area (Å²) in [6.45, 7) is 5.87. The molecular weight excluding hydrogens is 308 g/mol. The van der Waals surface area contributed by atoms with Crippen molar-refractivity contribution in [3.8, 4) is 0 Å². The Balaban J connectivity index is 1.30. The van der Waals surface area contributed by atoms with Crippen LogP contribution in [0.15, 0.2) is 23.4 Å². The topological polar surface area (TPSA) is 35.8 Å². The van der Waals surface area contributed by atoms with Gasteiger partial charge in [0.15, 0.2) is 0 Å². The van der Waals surface area contributed by atoms with E-state index in [9.17, 15) is 5.21 Å². The van der Waals surface area contributed by atoms with E-state index in [-0.39, 0.29) is 5.41 Å². The zero-order chi connectivity index (χ0) is 17.0. The molecule has 1 heterocycles. The van der Waals surface area contributed by atoms with E-state index in [4.69, 9.17) is 0 Å². The molecule has 1 spiro atoms. The summed E-state index contributed by atoms with van der Waals surface area (Å²) in [6.07, 6.45) is 9.36. The number of hydrogen-bond donors (Lipinski definition) is 1. The van der Waals surface area contributed by atoms with Gasteiger partial charge in [0.1, 0.15) is 0 Å². The molecule has 3 fully saturated rings. The van der Waals surface area contributed by atoms with Gasteiger partial charge in [-0.15, -0.1) is 0 Å². The van der Waals surface area contributed by atoms with E-state index in [0.29, 0.717) is 0 Å². The molecule has 0 amide bonds. The van der Waals surface area contributed by atoms with Gasteiger partial charge in [-0.2, -0.15) is 0 Å². The van der Waals surface area contributed by atoms with Crippen molar-refractivity contribution in [3.05, 3.63) is 34.9 Å². The first kappa shape index (κ1) is 15.9. The SMILES string of the molecule is Cc1ccc2c(c1)/C(=N/O)CC21CCN(CC2C[C@H]3CCC2C3)CC1. The smallest absolute Gasteiger partial charge is 0.0879 e. The minimum Gasteiger partial charge on any atom is -0.411 e. The van der Waals surface area contributed by atoms with Gasteiger partial charge < -0.3 is 10.1 Å². The van der Waals surface area contributed by atoms with Crippen LogP contribution in [-0.2, 0) is 5.41 Å². The minimum absolute atomic E-state index is 0.218. The summed E-state index contributed by atoms with van der Waals surface area (Å²) in [7, 11) is 0. The monoisotopic (exact) mass is 338 g/mol. The number of fused-ring (bicyclic) bond motifs is 4. The number of aryl methyl sites for hydroxylation is 1. The van der Waals surface area contributed by atoms with Gasteiger partial charge in [-0.25, -0.2) is 0 Å². The Labute approximate surface area is 151 Å². The van der Waals surface area contributed by atoms with Crippen molar-refractivity contribution in [2.75, 3.05) is 19.6 Å². The number of nitrogens with zero attached hydrogens (tertiary/aromatic N) is 2. The van der Waals surface area contributed by atoms with Crippen LogP contribution in [0.5, 0.6) is 0 Å². The molecule has 0 aromatic heterocycles. The van der Waals surface area contributed by atoms with Gasteiger partial charge >= 0.3 is 0 Å². The van der Waals surface area contributed by atoms with E-state index < -0.39 is 0 Å². The summed E-state index contributed by atoms with van der Waals surface area (Å²) >= 11 is 0. The second-order valence-electron chi connectivity index (χ2n) is 9.29. The number of likely N-dealkylation sites (tertiary alicyclic amines) is 1. The first-order valence-electron chi connectivity index (χ1n) is 10.2. The molecule has 1 aromatic rings. The molecule has 1 aromatic carbocycles. The fourth-order valence-corrected chi connectivity index (χ4v) is 6.50. The Morgan fingerprint density at radius 3 is 2.72 bits per heavy atom. The normalized spacial score (nSPS) is 34.9. The third kappa shape index (κ3) is 2.54. The molecule has 2 saturated carbocycles. The van der Waals surface area contributed by atoms with Gasteiger partial charge in [0, 0.05) is 23.9 Å². The first-order chi connectivity index (χ1) is 12.2.